The van der Waals surface area contributed by atoms with Crippen molar-refractivity contribution in [1.82, 2.24) is 19.9 Å². The monoisotopic (exact) mass is 237 g/mol. The van der Waals surface area contributed by atoms with Crippen LogP contribution >= 0.6 is 0 Å². The highest BCUT2D eigenvalue weighted by atomic mass is 15.4. The van der Waals surface area contributed by atoms with Crippen LogP contribution in [0.4, 0.5) is 0 Å². The molecule has 2 N–H and O–H groups in total. The van der Waals surface area contributed by atoms with Crippen LogP contribution in [0.3, 0.4) is 0 Å². The second-order valence-corrected chi connectivity index (χ2v) is 5.19. The lowest BCUT2D eigenvalue weighted by molar-refractivity contribution is 0.196. The molecule has 1 aromatic heterocycles. The Morgan fingerprint density at radius 2 is 2.35 bits per heavy atom. The number of rotatable bonds is 5. The van der Waals surface area contributed by atoms with Crippen LogP contribution in [0.2, 0.25) is 0 Å². The van der Waals surface area contributed by atoms with Gasteiger partial charge in [-0.1, -0.05) is 19.1 Å². The van der Waals surface area contributed by atoms with E-state index in [1.165, 1.54) is 19.4 Å². The molecule has 5 heteroatoms. The van der Waals surface area contributed by atoms with Crippen LogP contribution in [0.15, 0.2) is 6.20 Å². The minimum Gasteiger partial charge on any atom is -0.329 e. The molecule has 96 valence electrons. The molecule has 1 aromatic rings. The number of hydrogen-bond donors (Lipinski definition) is 1. The van der Waals surface area contributed by atoms with Gasteiger partial charge in [0.1, 0.15) is 0 Å². The topological polar surface area (TPSA) is 60.0 Å². The second-order valence-electron chi connectivity index (χ2n) is 5.19. The largest absolute Gasteiger partial charge is 0.329 e. The van der Waals surface area contributed by atoms with Crippen molar-refractivity contribution in [2.24, 2.45) is 11.7 Å². The van der Waals surface area contributed by atoms with Crippen molar-refractivity contribution in [3.63, 3.8) is 0 Å². The summed E-state index contributed by atoms with van der Waals surface area (Å²) < 4.78 is 1.83. The zero-order valence-electron chi connectivity index (χ0n) is 10.8. The molecular weight excluding hydrogens is 214 g/mol. The van der Waals surface area contributed by atoms with Gasteiger partial charge < -0.3 is 5.73 Å². The Labute approximate surface area is 103 Å². The van der Waals surface area contributed by atoms with E-state index in [9.17, 15) is 0 Å². The summed E-state index contributed by atoms with van der Waals surface area (Å²) in [5, 5.41) is 8.29. The van der Waals surface area contributed by atoms with Crippen LogP contribution in [0.25, 0.3) is 0 Å². The van der Waals surface area contributed by atoms with Gasteiger partial charge in [-0.2, -0.15) is 0 Å². The molecule has 0 aromatic carbocycles. The van der Waals surface area contributed by atoms with Crippen LogP contribution in [-0.4, -0.2) is 39.0 Å². The number of aromatic nitrogens is 3. The molecule has 17 heavy (non-hydrogen) atoms. The molecule has 0 radical (unpaired) electrons. The summed E-state index contributed by atoms with van der Waals surface area (Å²) in [7, 11) is 0. The van der Waals surface area contributed by atoms with Crippen LogP contribution in [-0.2, 0) is 13.1 Å². The molecule has 0 saturated carbocycles. The van der Waals surface area contributed by atoms with Crippen molar-refractivity contribution >= 4 is 0 Å². The average Bonchev–Trinajstić information content (AvgIpc) is 2.89. The Morgan fingerprint density at radius 3 is 3.06 bits per heavy atom. The van der Waals surface area contributed by atoms with E-state index in [2.05, 4.69) is 29.1 Å². The fourth-order valence-corrected chi connectivity index (χ4v) is 2.66. The van der Waals surface area contributed by atoms with Gasteiger partial charge in [-0.15, -0.1) is 5.10 Å². The molecule has 1 unspecified atom stereocenters. The summed E-state index contributed by atoms with van der Waals surface area (Å²) in [4.78, 5) is 2.53. The van der Waals surface area contributed by atoms with Crippen molar-refractivity contribution in [3.05, 3.63) is 11.9 Å². The normalized spacial score (nSPS) is 21.5. The fourth-order valence-electron chi connectivity index (χ4n) is 2.66. The van der Waals surface area contributed by atoms with Gasteiger partial charge in [0.05, 0.1) is 12.2 Å². The van der Waals surface area contributed by atoms with Gasteiger partial charge in [0.2, 0.25) is 0 Å². The quantitative estimate of drug-likeness (QED) is 0.825. The number of hydrogen-bond acceptors (Lipinski definition) is 4. The number of nitrogens with two attached hydrogens (primary N) is 1. The Hall–Kier alpha value is -0.940. The smallest absolute Gasteiger partial charge is 0.0967 e. The van der Waals surface area contributed by atoms with E-state index in [0.717, 1.165) is 24.7 Å². The summed E-state index contributed by atoms with van der Waals surface area (Å²) in [6, 6.07) is 0.703. The summed E-state index contributed by atoms with van der Waals surface area (Å²) in [6.45, 7) is 8.07. The van der Waals surface area contributed by atoms with Crippen molar-refractivity contribution in [3.8, 4) is 0 Å². The standard InChI is InChI=1S/C12H23N5/c1-10(2)12-4-3-6-16(12)8-11-9-17(7-5-13)15-14-11/h9-10,12H,3-8,13H2,1-2H3. The lowest BCUT2D eigenvalue weighted by Crippen LogP contribution is -2.32. The van der Waals surface area contributed by atoms with E-state index in [4.69, 9.17) is 5.73 Å². The van der Waals surface area contributed by atoms with Gasteiger partial charge in [-0.3, -0.25) is 9.58 Å². The van der Waals surface area contributed by atoms with Crippen molar-refractivity contribution in [2.75, 3.05) is 13.1 Å². The van der Waals surface area contributed by atoms with E-state index < -0.39 is 0 Å². The number of likely N-dealkylation sites (tertiary alicyclic amines) is 1. The zero-order valence-corrected chi connectivity index (χ0v) is 10.8. The Bertz CT molecular complexity index is 346. The number of nitrogens with zero attached hydrogens (tertiary/aromatic N) is 4. The first-order valence-electron chi connectivity index (χ1n) is 6.54. The Kier molecular flexibility index (Phi) is 4.12. The molecule has 1 aliphatic heterocycles. The summed E-state index contributed by atoms with van der Waals surface area (Å²) in [6.07, 6.45) is 4.64. The highest BCUT2D eigenvalue weighted by molar-refractivity contribution is 4.95. The van der Waals surface area contributed by atoms with Gasteiger partial charge in [0.15, 0.2) is 0 Å². The van der Waals surface area contributed by atoms with Gasteiger partial charge in [0.25, 0.3) is 0 Å². The van der Waals surface area contributed by atoms with Crippen LogP contribution in [0, 0.1) is 5.92 Å². The van der Waals surface area contributed by atoms with Gasteiger partial charge in [-0.05, 0) is 25.3 Å². The summed E-state index contributed by atoms with van der Waals surface area (Å²) in [5.74, 6) is 0.719. The predicted molar refractivity (Wildman–Crippen MR) is 67.3 cm³/mol. The molecule has 1 saturated heterocycles. The van der Waals surface area contributed by atoms with E-state index in [-0.39, 0.29) is 0 Å². The minimum absolute atomic E-state index is 0.612. The maximum absolute atomic E-state index is 5.50. The average molecular weight is 237 g/mol. The minimum atomic E-state index is 0.612. The van der Waals surface area contributed by atoms with Crippen molar-refractivity contribution in [2.45, 2.75) is 45.8 Å². The molecule has 1 aliphatic rings. The molecule has 0 bridgehead atoms. The first-order chi connectivity index (χ1) is 8.20. The Balaban J connectivity index is 1.95. The zero-order chi connectivity index (χ0) is 12.3. The van der Waals surface area contributed by atoms with Gasteiger partial charge in [0, 0.05) is 25.3 Å². The molecular formula is C12H23N5. The van der Waals surface area contributed by atoms with E-state index in [1.54, 1.807) is 0 Å². The second kappa shape index (κ2) is 5.60. The molecule has 2 heterocycles. The van der Waals surface area contributed by atoms with Crippen LogP contribution in [0.1, 0.15) is 32.4 Å². The molecule has 1 atom stereocenters. The molecule has 0 spiro atoms. The molecule has 2 rings (SSSR count). The SMILES string of the molecule is CC(C)C1CCCN1Cc1cn(CCN)nn1. The molecule has 0 amide bonds. The fraction of sp³-hybridized carbons (Fsp3) is 0.833. The summed E-state index contributed by atoms with van der Waals surface area (Å²) in [5.41, 5.74) is 6.56. The molecule has 5 nitrogen and oxygen atoms in total. The van der Waals surface area contributed by atoms with Gasteiger partial charge in [-0.25, -0.2) is 0 Å². The Morgan fingerprint density at radius 1 is 1.53 bits per heavy atom. The third kappa shape index (κ3) is 3.04. The van der Waals surface area contributed by atoms with Crippen LogP contribution in [0.5, 0.6) is 0 Å². The van der Waals surface area contributed by atoms with Gasteiger partial charge >= 0.3 is 0 Å². The highest BCUT2D eigenvalue weighted by Crippen LogP contribution is 2.24. The first kappa shape index (κ1) is 12.5. The van der Waals surface area contributed by atoms with E-state index >= 15 is 0 Å². The van der Waals surface area contributed by atoms with Crippen molar-refractivity contribution in [1.29, 1.82) is 0 Å². The third-order valence-corrected chi connectivity index (χ3v) is 3.49. The molecule has 0 aliphatic carbocycles. The van der Waals surface area contributed by atoms with E-state index in [0.29, 0.717) is 12.6 Å². The third-order valence-electron chi connectivity index (χ3n) is 3.49. The first-order valence-corrected chi connectivity index (χ1v) is 6.54. The van der Waals surface area contributed by atoms with Crippen molar-refractivity contribution < 1.29 is 0 Å². The molecule has 1 fully saturated rings. The van der Waals surface area contributed by atoms with Crippen LogP contribution < -0.4 is 5.73 Å². The lowest BCUT2D eigenvalue weighted by atomic mass is 10.0. The lowest BCUT2D eigenvalue weighted by Gasteiger charge is -2.26. The summed E-state index contributed by atoms with van der Waals surface area (Å²) >= 11 is 0. The highest BCUT2D eigenvalue weighted by Gasteiger charge is 2.27. The maximum atomic E-state index is 5.50. The predicted octanol–water partition coefficient (Wildman–Crippen LogP) is 0.857. The van der Waals surface area contributed by atoms with E-state index in [1.807, 2.05) is 10.9 Å². The maximum Gasteiger partial charge on any atom is 0.0967 e.